The van der Waals surface area contributed by atoms with E-state index in [1.54, 1.807) is 11.3 Å². The first-order chi connectivity index (χ1) is 11.3. The molecule has 0 radical (unpaired) electrons. The topological polar surface area (TPSA) is 51.7 Å². The molecule has 0 aromatic carbocycles. The molecule has 5 nitrogen and oxygen atoms in total. The Morgan fingerprint density at radius 1 is 1.48 bits per heavy atom. The number of piperidine rings is 1. The van der Waals surface area contributed by atoms with E-state index in [9.17, 15) is 4.79 Å². The number of rotatable bonds is 6. The maximum Gasteiger partial charge on any atom is 0.248 e. The van der Waals surface area contributed by atoms with E-state index in [0.717, 1.165) is 57.5 Å². The van der Waals surface area contributed by atoms with E-state index < -0.39 is 0 Å². The molecule has 2 aliphatic heterocycles. The second kappa shape index (κ2) is 8.22. The van der Waals surface area contributed by atoms with Crippen molar-refractivity contribution >= 4 is 17.2 Å². The normalized spacial score (nSPS) is 25.0. The van der Waals surface area contributed by atoms with Crippen LogP contribution in [0.5, 0.6) is 0 Å². The maximum atomic E-state index is 12.4. The molecule has 1 aromatic heterocycles. The number of hydrogen-bond donors (Lipinski definition) is 0. The predicted molar refractivity (Wildman–Crippen MR) is 89.8 cm³/mol. The lowest BCUT2D eigenvalue weighted by Crippen LogP contribution is -2.41. The highest BCUT2D eigenvalue weighted by atomic mass is 32.1. The Balaban J connectivity index is 1.46. The van der Waals surface area contributed by atoms with Crippen LogP contribution in [0.1, 0.15) is 49.2 Å². The van der Waals surface area contributed by atoms with Crippen LogP contribution in [0.3, 0.4) is 0 Å². The van der Waals surface area contributed by atoms with Gasteiger partial charge < -0.3 is 14.4 Å². The molecule has 6 heteroatoms. The van der Waals surface area contributed by atoms with Crippen molar-refractivity contribution < 1.29 is 14.3 Å². The smallest absolute Gasteiger partial charge is 0.248 e. The van der Waals surface area contributed by atoms with Gasteiger partial charge in [0.15, 0.2) is 0 Å². The minimum Gasteiger partial charge on any atom is -0.376 e. The number of thiazole rings is 1. The van der Waals surface area contributed by atoms with Crippen molar-refractivity contribution in [1.82, 2.24) is 9.88 Å². The molecule has 2 atom stereocenters. The number of nitrogens with zero attached hydrogens (tertiary/aromatic N) is 2. The largest absolute Gasteiger partial charge is 0.376 e. The van der Waals surface area contributed by atoms with Crippen LogP contribution < -0.4 is 0 Å². The summed E-state index contributed by atoms with van der Waals surface area (Å²) in [6.07, 6.45) is 5.47. The summed E-state index contributed by atoms with van der Waals surface area (Å²) in [7, 11) is 0. The number of carbonyl (C=O) groups is 1. The molecular weight excluding hydrogens is 312 g/mol. The summed E-state index contributed by atoms with van der Waals surface area (Å²) < 4.78 is 11.1. The van der Waals surface area contributed by atoms with Crippen LogP contribution in [-0.4, -0.2) is 54.8 Å². The molecule has 0 saturated carbocycles. The summed E-state index contributed by atoms with van der Waals surface area (Å²) in [5, 5.41) is 3.32. The van der Waals surface area contributed by atoms with E-state index in [2.05, 4.69) is 12.3 Å². The third kappa shape index (κ3) is 4.52. The Morgan fingerprint density at radius 2 is 2.39 bits per heavy atom. The van der Waals surface area contributed by atoms with Crippen molar-refractivity contribution in [2.45, 2.75) is 51.0 Å². The van der Waals surface area contributed by atoms with Crippen LogP contribution in [0.2, 0.25) is 0 Å². The van der Waals surface area contributed by atoms with Gasteiger partial charge in [-0.3, -0.25) is 4.79 Å². The van der Waals surface area contributed by atoms with Gasteiger partial charge in [0.25, 0.3) is 0 Å². The van der Waals surface area contributed by atoms with Crippen molar-refractivity contribution in [2.24, 2.45) is 0 Å². The monoisotopic (exact) mass is 338 g/mol. The van der Waals surface area contributed by atoms with Crippen LogP contribution in [0.15, 0.2) is 5.38 Å². The molecule has 3 rings (SSSR count). The fraction of sp³-hybridized carbons (Fsp3) is 0.765. The lowest BCUT2D eigenvalue weighted by Gasteiger charge is -2.31. The van der Waals surface area contributed by atoms with Crippen molar-refractivity contribution in [1.29, 1.82) is 0 Å². The van der Waals surface area contributed by atoms with E-state index in [4.69, 9.17) is 14.5 Å². The first kappa shape index (κ1) is 16.9. The Bertz CT molecular complexity index is 514. The molecule has 2 saturated heterocycles. The third-order valence-corrected chi connectivity index (χ3v) is 5.66. The second-order valence-electron chi connectivity index (χ2n) is 6.36. The lowest BCUT2D eigenvalue weighted by molar-refractivity contribution is -0.138. The quantitative estimate of drug-likeness (QED) is 0.800. The fourth-order valence-corrected chi connectivity index (χ4v) is 4.25. The first-order valence-electron chi connectivity index (χ1n) is 8.67. The summed E-state index contributed by atoms with van der Waals surface area (Å²) in [5.74, 6) is 0.483. The summed E-state index contributed by atoms with van der Waals surface area (Å²) in [6, 6.07) is 0. The number of ether oxygens (including phenoxy) is 2. The highest BCUT2D eigenvalue weighted by molar-refractivity contribution is 7.09. The van der Waals surface area contributed by atoms with Gasteiger partial charge in [0.05, 0.1) is 23.4 Å². The van der Waals surface area contributed by atoms with E-state index in [0.29, 0.717) is 12.5 Å². The van der Waals surface area contributed by atoms with Crippen molar-refractivity contribution in [3.63, 3.8) is 0 Å². The van der Waals surface area contributed by atoms with E-state index >= 15 is 0 Å². The average molecular weight is 338 g/mol. The van der Waals surface area contributed by atoms with Gasteiger partial charge in [-0.15, -0.1) is 11.3 Å². The van der Waals surface area contributed by atoms with Gasteiger partial charge in [0, 0.05) is 31.0 Å². The Labute approximate surface area is 142 Å². The Morgan fingerprint density at radius 3 is 3.13 bits per heavy atom. The lowest BCUT2D eigenvalue weighted by atomic mass is 9.98. The molecular formula is C17H26N2O3S. The number of aryl methyl sites for hydroxylation is 1. The zero-order valence-corrected chi connectivity index (χ0v) is 14.6. The number of likely N-dealkylation sites (tertiary alicyclic amines) is 1. The molecule has 1 aromatic rings. The first-order valence-corrected chi connectivity index (χ1v) is 9.55. The number of hydrogen-bond acceptors (Lipinski definition) is 5. The average Bonchev–Trinajstić information content (AvgIpc) is 3.26. The fourth-order valence-electron chi connectivity index (χ4n) is 3.22. The highest BCUT2D eigenvalue weighted by Gasteiger charge is 2.27. The van der Waals surface area contributed by atoms with Crippen LogP contribution in [-0.2, 0) is 20.7 Å². The SMILES string of the molecule is CCc1csc(C2CCCN(C(=O)COCC3CCCO3)C2)n1. The maximum absolute atomic E-state index is 12.4. The number of aromatic nitrogens is 1. The van der Waals surface area contributed by atoms with Gasteiger partial charge in [-0.1, -0.05) is 6.92 Å². The van der Waals surface area contributed by atoms with Gasteiger partial charge in [0.1, 0.15) is 6.61 Å². The minimum atomic E-state index is 0.0972. The molecule has 3 heterocycles. The zero-order valence-electron chi connectivity index (χ0n) is 13.8. The van der Waals surface area contributed by atoms with Crippen LogP contribution in [0, 0.1) is 0 Å². The molecule has 1 amide bonds. The molecule has 2 unspecified atom stereocenters. The second-order valence-corrected chi connectivity index (χ2v) is 7.25. The number of carbonyl (C=O) groups excluding carboxylic acids is 1. The zero-order chi connectivity index (χ0) is 16.1. The van der Waals surface area contributed by atoms with E-state index in [-0.39, 0.29) is 18.6 Å². The molecule has 0 spiro atoms. The van der Waals surface area contributed by atoms with E-state index in [1.807, 2.05) is 4.90 Å². The molecule has 0 aliphatic carbocycles. The summed E-state index contributed by atoms with van der Waals surface area (Å²) in [6.45, 7) is 5.27. The van der Waals surface area contributed by atoms with Crippen molar-refractivity contribution in [2.75, 3.05) is 32.9 Å². The van der Waals surface area contributed by atoms with Crippen molar-refractivity contribution in [3.8, 4) is 0 Å². The summed E-state index contributed by atoms with van der Waals surface area (Å²) in [4.78, 5) is 19.0. The minimum absolute atomic E-state index is 0.0972. The molecule has 2 aliphatic rings. The van der Waals surface area contributed by atoms with Gasteiger partial charge in [-0.2, -0.15) is 0 Å². The van der Waals surface area contributed by atoms with Crippen LogP contribution >= 0.6 is 11.3 Å². The summed E-state index contributed by atoms with van der Waals surface area (Å²) in [5.41, 5.74) is 1.16. The van der Waals surface area contributed by atoms with Gasteiger partial charge in [-0.25, -0.2) is 4.98 Å². The van der Waals surface area contributed by atoms with Crippen LogP contribution in [0.4, 0.5) is 0 Å². The molecule has 128 valence electrons. The third-order valence-electron chi connectivity index (χ3n) is 4.61. The predicted octanol–water partition coefficient (Wildman–Crippen LogP) is 2.61. The standard InChI is InChI=1S/C17H26N2O3S/c1-2-14-12-23-17(18-14)13-5-3-7-19(9-13)16(20)11-21-10-15-6-4-8-22-15/h12-13,15H,2-11H2,1H3. The van der Waals surface area contributed by atoms with Crippen molar-refractivity contribution in [3.05, 3.63) is 16.1 Å². The highest BCUT2D eigenvalue weighted by Crippen LogP contribution is 2.29. The molecule has 2 fully saturated rings. The van der Waals surface area contributed by atoms with Gasteiger partial charge in [-0.05, 0) is 32.1 Å². The molecule has 0 bridgehead atoms. The Hall–Kier alpha value is -0.980. The van der Waals surface area contributed by atoms with Gasteiger partial charge in [0.2, 0.25) is 5.91 Å². The molecule has 0 N–H and O–H groups in total. The van der Waals surface area contributed by atoms with E-state index in [1.165, 1.54) is 5.01 Å². The summed E-state index contributed by atoms with van der Waals surface area (Å²) >= 11 is 1.73. The number of amides is 1. The Kier molecular flexibility index (Phi) is 6.02. The van der Waals surface area contributed by atoms with Crippen LogP contribution in [0.25, 0.3) is 0 Å². The van der Waals surface area contributed by atoms with Gasteiger partial charge >= 0.3 is 0 Å². The molecule has 23 heavy (non-hydrogen) atoms.